The number of carbonyl (C=O) groups excluding carboxylic acids is 7. The van der Waals surface area contributed by atoms with Crippen LogP contribution in [0, 0.1) is 0 Å². The smallest absolute Gasteiger partial charge is 0.305 e. The lowest BCUT2D eigenvalue weighted by Gasteiger charge is -2.30. The minimum absolute atomic E-state index is 0.0335. The van der Waals surface area contributed by atoms with E-state index in [0.717, 1.165) is 10.9 Å². The van der Waals surface area contributed by atoms with E-state index in [2.05, 4.69) is 36.6 Å². The molecule has 0 spiro atoms. The molecule has 22 heteroatoms. The molecule has 0 bridgehead atoms. The van der Waals surface area contributed by atoms with Crippen molar-refractivity contribution in [3.63, 3.8) is 0 Å². The van der Waals surface area contributed by atoms with Crippen molar-refractivity contribution in [3.8, 4) is 0 Å². The molecule has 7 amide bonds. The van der Waals surface area contributed by atoms with Gasteiger partial charge in [-0.05, 0) is 37.3 Å². The first-order chi connectivity index (χ1) is 26.7. The zero-order valence-electron chi connectivity index (χ0n) is 30.4. The maximum absolute atomic E-state index is 14.3. The van der Waals surface area contributed by atoms with Gasteiger partial charge in [0.15, 0.2) is 5.96 Å². The van der Waals surface area contributed by atoms with Crippen molar-refractivity contribution in [2.45, 2.75) is 75.2 Å². The van der Waals surface area contributed by atoms with Crippen molar-refractivity contribution < 1.29 is 43.5 Å². The largest absolute Gasteiger partial charge is 0.481 e. The van der Waals surface area contributed by atoms with Crippen LogP contribution >= 0.6 is 21.6 Å². The summed E-state index contributed by atoms with van der Waals surface area (Å²) >= 11 is 0. The summed E-state index contributed by atoms with van der Waals surface area (Å²) in [6.07, 6.45) is 1.76. The number of carboxylic acids is 1. The van der Waals surface area contributed by atoms with Crippen LogP contribution in [0.15, 0.2) is 35.5 Å². The maximum Gasteiger partial charge on any atom is 0.305 e. The fourth-order valence-electron chi connectivity index (χ4n) is 6.23. The number of aromatic amines is 1. The molecule has 2 fully saturated rings. The van der Waals surface area contributed by atoms with E-state index in [9.17, 15) is 43.5 Å². The number of nitrogens with two attached hydrogens (primary N) is 3. The highest BCUT2D eigenvalue weighted by molar-refractivity contribution is 8.76. The van der Waals surface area contributed by atoms with Gasteiger partial charge >= 0.3 is 5.97 Å². The normalized spacial score (nSPS) is 23.9. The molecule has 3 heterocycles. The highest BCUT2D eigenvalue weighted by Gasteiger charge is 2.40. The summed E-state index contributed by atoms with van der Waals surface area (Å²) in [5.41, 5.74) is 17.8. The molecule has 304 valence electrons. The SMILES string of the molecule is NC(=O)[C@@H]1CSSCCC(=O)N[C@@H](CCCN=C(N)N)C(=O)NCC(=O)N[C@@H](CC(=O)O)C(=O)N[C@@H](Cc2c[nH]c3ccccc23)C(=O)N2CCC[C@H]2C(=O)N1. The molecule has 1 aromatic carbocycles. The standard InChI is InChI=1S/C34H47N11O9S2/c35-29(50)24-17-56-55-12-9-26(46)41-21(7-3-10-38-34(36)37)30(51)40-16-27(47)42-22(14-28(48)49)31(52)43-23(13-18-15-39-20-6-2-1-5-19(18)20)33(54)45-11-4-8-25(45)32(53)44-24/h1-2,5-6,15,21-25,39H,3-4,7-14,16-17H2,(H2,35,50)(H,40,51)(H,41,46)(H,42,47)(H,43,52)(H,44,53)(H,48,49)(H4,36,37,38)/t21-,22-,23-,24-,25-/m0/s1. The monoisotopic (exact) mass is 817 g/mol. The molecule has 56 heavy (non-hydrogen) atoms. The zero-order chi connectivity index (χ0) is 40.8. The molecular weight excluding hydrogens is 771 g/mol. The third kappa shape index (κ3) is 12.8. The quantitative estimate of drug-likeness (QED) is 0.0545. The predicted molar refractivity (Wildman–Crippen MR) is 208 cm³/mol. The molecule has 2 aliphatic rings. The number of carbonyl (C=O) groups is 8. The Morgan fingerprint density at radius 2 is 1.64 bits per heavy atom. The molecule has 4 rings (SSSR count). The number of amides is 7. The van der Waals surface area contributed by atoms with Crippen LogP contribution in [-0.2, 0) is 44.8 Å². The Balaban J connectivity index is 1.63. The molecule has 0 radical (unpaired) electrons. The van der Waals surface area contributed by atoms with Gasteiger partial charge in [-0.2, -0.15) is 0 Å². The molecular formula is C34H47N11O9S2. The van der Waals surface area contributed by atoms with Gasteiger partial charge < -0.3 is 58.8 Å². The fraction of sp³-hybridized carbons (Fsp3) is 0.500. The van der Waals surface area contributed by atoms with Crippen LogP contribution in [0.25, 0.3) is 10.9 Å². The van der Waals surface area contributed by atoms with E-state index in [-0.39, 0.29) is 62.7 Å². The number of guanidine groups is 1. The van der Waals surface area contributed by atoms with Gasteiger partial charge in [0.1, 0.15) is 30.2 Å². The first-order valence-corrected chi connectivity index (χ1v) is 20.4. The van der Waals surface area contributed by atoms with E-state index >= 15 is 0 Å². The maximum atomic E-state index is 14.3. The number of hydrogen-bond donors (Lipinski definition) is 10. The summed E-state index contributed by atoms with van der Waals surface area (Å²) in [5.74, 6) is -6.51. The summed E-state index contributed by atoms with van der Waals surface area (Å²) < 4.78 is 0. The second kappa shape index (κ2) is 21.0. The van der Waals surface area contributed by atoms with E-state index < -0.39 is 90.5 Å². The zero-order valence-corrected chi connectivity index (χ0v) is 32.0. The van der Waals surface area contributed by atoms with Crippen molar-refractivity contribution in [2.24, 2.45) is 22.2 Å². The van der Waals surface area contributed by atoms with Crippen LogP contribution in [0.3, 0.4) is 0 Å². The van der Waals surface area contributed by atoms with Gasteiger partial charge in [0.25, 0.3) is 0 Å². The lowest BCUT2D eigenvalue weighted by molar-refractivity contribution is -0.143. The minimum Gasteiger partial charge on any atom is -0.481 e. The second-order valence-electron chi connectivity index (χ2n) is 13.1. The summed E-state index contributed by atoms with van der Waals surface area (Å²) in [5, 5.41) is 23.0. The van der Waals surface area contributed by atoms with E-state index in [1.165, 1.54) is 26.5 Å². The van der Waals surface area contributed by atoms with Gasteiger partial charge in [0.05, 0.1) is 13.0 Å². The Bertz CT molecular complexity index is 1820. The molecule has 2 aliphatic heterocycles. The number of nitrogens with zero attached hydrogens (tertiary/aromatic N) is 2. The Morgan fingerprint density at radius 3 is 2.38 bits per heavy atom. The minimum atomic E-state index is -1.68. The van der Waals surface area contributed by atoms with Crippen molar-refractivity contribution >= 4 is 85.8 Å². The van der Waals surface area contributed by atoms with E-state index in [0.29, 0.717) is 12.0 Å². The molecule has 0 unspecified atom stereocenters. The number of fused-ring (bicyclic) bond motifs is 2. The summed E-state index contributed by atoms with van der Waals surface area (Å²) in [7, 11) is 2.43. The van der Waals surface area contributed by atoms with Crippen molar-refractivity contribution in [1.29, 1.82) is 0 Å². The molecule has 2 aromatic rings. The Labute approximate surface area is 329 Å². The number of para-hydroxylation sites is 1. The van der Waals surface area contributed by atoms with Gasteiger partial charge in [0, 0.05) is 54.5 Å². The number of aromatic nitrogens is 1. The van der Waals surface area contributed by atoms with Crippen molar-refractivity contribution in [1.82, 2.24) is 36.5 Å². The number of rotatable bonds is 9. The Kier molecular flexibility index (Phi) is 16.2. The Hall–Kier alpha value is -5.51. The van der Waals surface area contributed by atoms with Gasteiger partial charge in [-0.1, -0.05) is 39.8 Å². The first kappa shape index (κ1) is 43.2. The number of primary amides is 1. The molecule has 13 N–H and O–H groups in total. The molecule has 2 saturated heterocycles. The molecule has 0 aliphatic carbocycles. The summed E-state index contributed by atoms with van der Waals surface area (Å²) in [6, 6.07) is 1.01. The molecule has 5 atom stereocenters. The molecule has 1 aromatic heterocycles. The van der Waals surface area contributed by atoms with Gasteiger partial charge in [-0.25, -0.2) is 0 Å². The number of nitrogens with one attached hydrogen (secondary N) is 6. The highest BCUT2D eigenvalue weighted by atomic mass is 33.1. The predicted octanol–water partition coefficient (Wildman–Crippen LogP) is -2.44. The lowest BCUT2D eigenvalue weighted by atomic mass is 10.0. The lowest BCUT2D eigenvalue weighted by Crippen LogP contribution is -2.59. The highest BCUT2D eigenvalue weighted by Crippen LogP contribution is 2.25. The topological polar surface area (TPSA) is 326 Å². The number of H-pyrrole nitrogens is 1. The average Bonchev–Trinajstić information content (AvgIpc) is 3.81. The number of carboxylic acid groups (broad SMARTS) is 1. The third-order valence-corrected chi connectivity index (χ3v) is 11.4. The van der Waals surface area contributed by atoms with Crippen LogP contribution in [-0.4, -0.2) is 130 Å². The number of aliphatic imine (C=N–C) groups is 1. The van der Waals surface area contributed by atoms with Gasteiger partial charge in [-0.15, -0.1) is 0 Å². The third-order valence-electron chi connectivity index (χ3n) is 8.99. The van der Waals surface area contributed by atoms with Gasteiger partial charge in [0.2, 0.25) is 41.4 Å². The number of aliphatic carboxylic acids is 1. The average molecular weight is 818 g/mol. The number of hydrogen-bond acceptors (Lipinski definition) is 11. The van der Waals surface area contributed by atoms with Crippen molar-refractivity contribution in [2.75, 3.05) is 31.1 Å². The van der Waals surface area contributed by atoms with E-state index in [1.807, 2.05) is 18.2 Å². The van der Waals surface area contributed by atoms with Crippen LogP contribution in [0.5, 0.6) is 0 Å². The number of benzene rings is 1. The van der Waals surface area contributed by atoms with Crippen LogP contribution in [0.1, 0.15) is 44.1 Å². The van der Waals surface area contributed by atoms with Crippen LogP contribution in [0.2, 0.25) is 0 Å². The van der Waals surface area contributed by atoms with E-state index in [4.69, 9.17) is 17.2 Å². The van der Waals surface area contributed by atoms with Crippen LogP contribution < -0.4 is 43.8 Å². The van der Waals surface area contributed by atoms with E-state index in [1.54, 1.807) is 12.3 Å². The fourth-order valence-corrected chi connectivity index (χ4v) is 8.39. The molecule has 20 nitrogen and oxygen atoms in total. The van der Waals surface area contributed by atoms with Crippen LogP contribution in [0.4, 0.5) is 0 Å². The summed E-state index contributed by atoms with van der Waals surface area (Å²) in [6.45, 7) is -0.380. The first-order valence-electron chi connectivity index (χ1n) is 17.9. The molecule has 0 saturated carbocycles. The summed E-state index contributed by atoms with van der Waals surface area (Å²) in [4.78, 5) is 113. The second-order valence-corrected chi connectivity index (χ2v) is 15.8. The Morgan fingerprint density at radius 1 is 0.893 bits per heavy atom. The van der Waals surface area contributed by atoms with Gasteiger partial charge in [-0.3, -0.25) is 43.3 Å². The van der Waals surface area contributed by atoms with Crippen molar-refractivity contribution in [3.05, 3.63) is 36.0 Å².